The molecule has 2 aliphatic rings. The Hall–Kier alpha value is -7.88. The van der Waals surface area contributed by atoms with Gasteiger partial charge < -0.3 is 14.2 Å². The molecule has 0 saturated carbocycles. The number of para-hydroxylation sites is 4. The molecule has 0 atom stereocenters. The molecule has 0 saturated heterocycles. The Balaban J connectivity index is 1.13. The molecule has 0 unspecified atom stereocenters. The van der Waals surface area contributed by atoms with Crippen LogP contribution in [0.3, 0.4) is 0 Å². The smallest absolute Gasteiger partial charge is 0.132 e. The van der Waals surface area contributed by atoms with Gasteiger partial charge >= 0.3 is 0 Å². The number of rotatable bonds is 4. The Morgan fingerprint density at radius 1 is 0.383 bits per heavy atom. The van der Waals surface area contributed by atoms with Gasteiger partial charge in [0.1, 0.15) is 11.5 Å². The van der Waals surface area contributed by atoms with Crippen LogP contribution in [-0.2, 0) is 5.41 Å². The first-order chi connectivity index (χ1) is 29.8. The number of hydrogen-bond donors (Lipinski definition) is 0. The summed E-state index contributed by atoms with van der Waals surface area (Å²) in [7, 11) is 0. The Kier molecular flexibility index (Phi) is 6.93. The predicted molar refractivity (Wildman–Crippen MR) is 248 cm³/mol. The van der Waals surface area contributed by atoms with Crippen LogP contribution < -0.4 is 9.64 Å². The van der Waals surface area contributed by atoms with E-state index in [1.54, 1.807) is 0 Å². The summed E-state index contributed by atoms with van der Waals surface area (Å²) in [4.78, 5) is 2.47. The summed E-state index contributed by atoms with van der Waals surface area (Å²) in [6.45, 7) is 0. The molecular formula is C57H36N2O. The lowest BCUT2D eigenvalue weighted by Gasteiger charge is -2.45. The van der Waals surface area contributed by atoms with Crippen LogP contribution in [0.15, 0.2) is 218 Å². The molecule has 13 rings (SSSR count). The van der Waals surface area contributed by atoms with Gasteiger partial charge in [0.15, 0.2) is 0 Å². The molecule has 3 nitrogen and oxygen atoms in total. The molecule has 11 aromatic rings. The van der Waals surface area contributed by atoms with Gasteiger partial charge in [0.2, 0.25) is 0 Å². The van der Waals surface area contributed by atoms with Crippen LogP contribution in [0.1, 0.15) is 22.3 Å². The zero-order valence-corrected chi connectivity index (χ0v) is 32.6. The van der Waals surface area contributed by atoms with Crippen LogP contribution in [0, 0.1) is 0 Å². The van der Waals surface area contributed by atoms with Crippen LogP contribution in [0.2, 0.25) is 0 Å². The molecule has 0 radical (unpaired) electrons. The number of fused-ring (bicyclic) bond motifs is 12. The van der Waals surface area contributed by atoms with Gasteiger partial charge in [-0.05, 0) is 105 Å². The van der Waals surface area contributed by atoms with Crippen LogP contribution >= 0.6 is 0 Å². The third kappa shape index (κ3) is 4.49. The zero-order chi connectivity index (χ0) is 39.4. The lowest BCUT2D eigenvalue weighted by molar-refractivity contribution is 0.435. The first-order valence-corrected chi connectivity index (χ1v) is 20.7. The fourth-order valence-electron chi connectivity index (χ4n) is 10.6. The number of aromatic nitrogens is 1. The van der Waals surface area contributed by atoms with Crippen molar-refractivity contribution in [1.82, 2.24) is 4.57 Å². The van der Waals surface area contributed by atoms with Crippen LogP contribution in [-0.4, -0.2) is 4.57 Å². The molecule has 0 amide bonds. The highest BCUT2D eigenvalue weighted by Gasteiger charge is 2.49. The van der Waals surface area contributed by atoms with E-state index < -0.39 is 5.41 Å². The van der Waals surface area contributed by atoms with E-state index in [0.29, 0.717) is 0 Å². The zero-order valence-electron chi connectivity index (χ0n) is 32.6. The fraction of sp³-hybridized carbons (Fsp3) is 0.0175. The SMILES string of the molecule is c1ccc(-n2c3ccccc3c3cc(N(c4ccc5ccccc5c4)c4ccc5c6c(cccc46)C4(c6ccccc6Oc6ccccc64)c4ccccc4-5)ccc32)cc1. The Bertz CT molecular complexity index is 3500. The molecule has 1 aromatic heterocycles. The van der Waals surface area contributed by atoms with Crippen molar-refractivity contribution in [3.05, 3.63) is 241 Å². The van der Waals surface area contributed by atoms with Gasteiger partial charge in [-0.15, -0.1) is 0 Å². The number of nitrogens with zero attached hydrogens (tertiary/aromatic N) is 2. The molecule has 60 heavy (non-hydrogen) atoms. The van der Waals surface area contributed by atoms with Crippen LogP contribution in [0.5, 0.6) is 11.5 Å². The molecule has 1 aliphatic heterocycles. The second-order valence-corrected chi connectivity index (χ2v) is 16.0. The van der Waals surface area contributed by atoms with Crippen molar-refractivity contribution in [3.63, 3.8) is 0 Å². The summed E-state index contributed by atoms with van der Waals surface area (Å²) in [5.74, 6) is 1.78. The van der Waals surface area contributed by atoms with E-state index in [1.807, 2.05) is 0 Å². The standard InChI is InChI=1S/C57H36N2O/c1-2-17-39(18-3-1)59-51-26-11-7-20-43(51)46-36-41(31-33-53(46)59)58(40-30-29-37-15-4-5-16-38(37)35-40)52-34-32-44-42-19-6-8-22-47(42)57(50-25-14-21-45(52)56(44)50)48-23-9-12-27-54(48)60-55-28-13-10-24-49(55)57/h1-36H. The van der Waals surface area contributed by atoms with Gasteiger partial charge in [-0.1, -0.05) is 152 Å². The minimum atomic E-state index is -0.598. The van der Waals surface area contributed by atoms with Gasteiger partial charge in [0.25, 0.3) is 0 Å². The summed E-state index contributed by atoms with van der Waals surface area (Å²) in [6, 6.07) is 79.8. The summed E-state index contributed by atoms with van der Waals surface area (Å²) < 4.78 is 9.09. The van der Waals surface area contributed by atoms with Crippen LogP contribution in [0.25, 0.3) is 60.2 Å². The molecule has 0 fully saturated rings. The molecule has 1 spiro atoms. The van der Waals surface area contributed by atoms with E-state index >= 15 is 0 Å². The van der Waals surface area contributed by atoms with E-state index in [-0.39, 0.29) is 0 Å². The Labute approximate surface area is 347 Å². The van der Waals surface area contributed by atoms with E-state index in [2.05, 4.69) is 228 Å². The highest BCUT2D eigenvalue weighted by molar-refractivity contribution is 6.14. The quantitative estimate of drug-likeness (QED) is 0.178. The van der Waals surface area contributed by atoms with Gasteiger partial charge in [-0.2, -0.15) is 0 Å². The van der Waals surface area contributed by atoms with Crippen molar-refractivity contribution in [1.29, 1.82) is 0 Å². The number of benzene rings is 10. The van der Waals surface area contributed by atoms with Crippen molar-refractivity contribution in [2.24, 2.45) is 0 Å². The van der Waals surface area contributed by atoms with Crippen molar-refractivity contribution >= 4 is 60.4 Å². The van der Waals surface area contributed by atoms with Crippen molar-refractivity contribution < 1.29 is 4.74 Å². The molecule has 10 aromatic carbocycles. The number of anilines is 3. The molecule has 0 N–H and O–H groups in total. The summed E-state index contributed by atoms with van der Waals surface area (Å²) >= 11 is 0. The number of hydrogen-bond acceptors (Lipinski definition) is 2. The Morgan fingerprint density at radius 3 is 1.83 bits per heavy atom. The molecule has 0 bridgehead atoms. The van der Waals surface area contributed by atoms with Gasteiger partial charge in [0, 0.05) is 44.3 Å². The maximum Gasteiger partial charge on any atom is 0.132 e. The van der Waals surface area contributed by atoms with Crippen molar-refractivity contribution in [2.45, 2.75) is 5.41 Å². The first kappa shape index (κ1) is 33.1. The second-order valence-electron chi connectivity index (χ2n) is 16.0. The molecule has 280 valence electrons. The van der Waals surface area contributed by atoms with Gasteiger partial charge in [-0.25, -0.2) is 0 Å². The molecular weight excluding hydrogens is 729 g/mol. The topological polar surface area (TPSA) is 17.4 Å². The molecule has 3 heteroatoms. The van der Waals surface area contributed by atoms with Crippen LogP contribution in [0.4, 0.5) is 17.1 Å². The van der Waals surface area contributed by atoms with Crippen molar-refractivity contribution in [3.8, 4) is 28.3 Å². The monoisotopic (exact) mass is 764 g/mol. The molecule has 1 aliphatic carbocycles. The van der Waals surface area contributed by atoms with Gasteiger partial charge in [0.05, 0.1) is 22.1 Å². The predicted octanol–water partition coefficient (Wildman–Crippen LogP) is 15.0. The lowest BCUT2D eigenvalue weighted by Crippen LogP contribution is -2.36. The largest absolute Gasteiger partial charge is 0.457 e. The number of ether oxygens (including phenoxy) is 1. The Morgan fingerprint density at radius 2 is 1.00 bits per heavy atom. The van der Waals surface area contributed by atoms with E-state index in [4.69, 9.17) is 4.74 Å². The normalized spacial score (nSPS) is 13.3. The van der Waals surface area contributed by atoms with E-state index in [1.165, 1.54) is 65.6 Å². The van der Waals surface area contributed by atoms with E-state index in [0.717, 1.165) is 45.4 Å². The average molecular weight is 765 g/mol. The highest BCUT2D eigenvalue weighted by atomic mass is 16.5. The maximum atomic E-state index is 6.70. The maximum absolute atomic E-state index is 6.70. The fourth-order valence-corrected chi connectivity index (χ4v) is 10.6. The minimum Gasteiger partial charge on any atom is -0.457 e. The lowest BCUT2D eigenvalue weighted by atomic mass is 9.58. The van der Waals surface area contributed by atoms with Gasteiger partial charge in [-0.3, -0.25) is 0 Å². The van der Waals surface area contributed by atoms with E-state index in [9.17, 15) is 0 Å². The summed E-state index contributed by atoms with van der Waals surface area (Å²) in [5, 5.41) is 7.31. The third-order valence-electron chi connectivity index (χ3n) is 13.0. The molecule has 2 heterocycles. The highest BCUT2D eigenvalue weighted by Crippen LogP contribution is 2.62. The first-order valence-electron chi connectivity index (χ1n) is 20.7. The minimum absolute atomic E-state index is 0.598. The average Bonchev–Trinajstić information content (AvgIpc) is 3.65. The third-order valence-corrected chi connectivity index (χ3v) is 13.0. The second kappa shape index (κ2) is 12.6. The van der Waals surface area contributed by atoms with Crippen molar-refractivity contribution in [2.75, 3.05) is 4.90 Å². The summed E-state index contributed by atoms with van der Waals surface area (Å²) in [5.41, 5.74) is 13.6. The summed E-state index contributed by atoms with van der Waals surface area (Å²) in [6.07, 6.45) is 0.